The molecule has 1 aromatic rings. The van der Waals surface area contributed by atoms with Crippen LogP contribution in [-0.2, 0) is 16.0 Å². The molecular formula is C19H25NO2S. The van der Waals surface area contributed by atoms with Gasteiger partial charge in [-0.25, -0.2) is 0 Å². The summed E-state index contributed by atoms with van der Waals surface area (Å²) in [5, 5.41) is 0. The molecule has 124 valence electrons. The Morgan fingerprint density at radius 2 is 2.13 bits per heavy atom. The first kappa shape index (κ1) is 16.6. The van der Waals surface area contributed by atoms with Gasteiger partial charge in [0, 0.05) is 24.9 Å². The summed E-state index contributed by atoms with van der Waals surface area (Å²) in [5.74, 6) is 0.0225. The number of thiocarbonyl (C=S) groups is 1. The zero-order chi connectivity index (χ0) is 16.4. The largest absolute Gasteiger partial charge is 0.362 e. The van der Waals surface area contributed by atoms with Crippen LogP contribution in [0.1, 0.15) is 25.8 Å². The third-order valence-corrected chi connectivity index (χ3v) is 5.31. The fourth-order valence-corrected chi connectivity index (χ4v) is 3.99. The molecule has 4 heteroatoms. The minimum absolute atomic E-state index is 0.0436. The van der Waals surface area contributed by atoms with E-state index >= 15 is 0 Å². The lowest BCUT2D eigenvalue weighted by Crippen LogP contribution is -2.34. The quantitative estimate of drug-likeness (QED) is 0.604. The van der Waals surface area contributed by atoms with Gasteiger partial charge in [0.15, 0.2) is 5.79 Å². The number of hydrogen-bond acceptors (Lipinski definition) is 3. The van der Waals surface area contributed by atoms with E-state index in [9.17, 15) is 0 Å². The van der Waals surface area contributed by atoms with Gasteiger partial charge < -0.3 is 14.4 Å². The van der Waals surface area contributed by atoms with Crippen molar-refractivity contribution < 1.29 is 9.47 Å². The Kier molecular flexibility index (Phi) is 4.85. The lowest BCUT2D eigenvalue weighted by Gasteiger charge is -2.27. The Morgan fingerprint density at radius 1 is 1.39 bits per heavy atom. The average Bonchev–Trinajstić information content (AvgIpc) is 3.06. The molecule has 3 nitrogen and oxygen atoms in total. The third-order valence-electron chi connectivity index (χ3n) is 4.75. The van der Waals surface area contributed by atoms with Crippen LogP contribution in [0.3, 0.4) is 0 Å². The van der Waals surface area contributed by atoms with Gasteiger partial charge in [-0.15, -0.1) is 6.58 Å². The number of hydrogen-bond donors (Lipinski definition) is 0. The van der Waals surface area contributed by atoms with Crippen LogP contribution in [0, 0.1) is 11.8 Å². The number of ether oxygens (including phenoxy) is 2. The smallest absolute Gasteiger partial charge is 0.163 e. The minimum atomic E-state index is -0.504. The van der Waals surface area contributed by atoms with Gasteiger partial charge in [0.05, 0.1) is 17.7 Å². The van der Waals surface area contributed by atoms with Crippen molar-refractivity contribution in [1.29, 1.82) is 0 Å². The highest BCUT2D eigenvalue weighted by atomic mass is 32.1. The van der Waals surface area contributed by atoms with Gasteiger partial charge in [0.25, 0.3) is 0 Å². The van der Waals surface area contributed by atoms with Crippen LogP contribution in [0.5, 0.6) is 0 Å². The Morgan fingerprint density at radius 3 is 2.74 bits per heavy atom. The van der Waals surface area contributed by atoms with Crippen LogP contribution < -0.4 is 0 Å². The summed E-state index contributed by atoms with van der Waals surface area (Å²) >= 11 is 5.78. The Bertz CT molecular complexity index is 572. The highest BCUT2D eigenvalue weighted by Crippen LogP contribution is 2.36. The van der Waals surface area contributed by atoms with E-state index in [1.54, 1.807) is 0 Å². The number of nitrogens with zero attached hydrogens (tertiary/aromatic N) is 1. The van der Waals surface area contributed by atoms with Crippen molar-refractivity contribution in [2.24, 2.45) is 11.8 Å². The molecule has 0 saturated carbocycles. The first-order valence-electron chi connectivity index (χ1n) is 8.27. The molecule has 2 heterocycles. The molecule has 0 radical (unpaired) electrons. The molecule has 0 spiro atoms. The summed E-state index contributed by atoms with van der Waals surface area (Å²) in [5.41, 5.74) is 1.30. The monoisotopic (exact) mass is 331 g/mol. The average molecular weight is 331 g/mol. The van der Waals surface area contributed by atoms with Crippen molar-refractivity contribution in [3.05, 3.63) is 48.6 Å². The normalized spacial score (nSPS) is 28.1. The maximum absolute atomic E-state index is 6.04. The topological polar surface area (TPSA) is 21.7 Å². The molecule has 1 aromatic carbocycles. The predicted octanol–water partition coefficient (Wildman–Crippen LogP) is 3.79. The Labute approximate surface area is 144 Å². The van der Waals surface area contributed by atoms with Gasteiger partial charge >= 0.3 is 0 Å². The van der Waals surface area contributed by atoms with Crippen LogP contribution in [-0.4, -0.2) is 34.9 Å². The fraction of sp³-hybridized carbons (Fsp3) is 0.526. The molecule has 0 N–H and O–H groups in total. The van der Waals surface area contributed by atoms with Crippen LogP contribution in [0.25, 0.3) is 0 Å². The number of benzene rings is 1. The van der Waals surface area contributed by atoms with E-state index in [4.69, 9.17) is 21.7 Å². The summed E-state index contributed by atoms with van der Waals surface area (Å²) in [6, 6.07) is 10.5. The second-order valence-corrected chi connectivity index (χ2v) is 7.24. The lowest BCUT2D eigenvalue weighted by molar-refractivity contribution is -0.143. The van der Waals surface area contributed by atoms with E-state index in [1.807, 2.05) is 26.0 Å². The van der Waals surface area contributed by atoms with E-state index in [-0.39, 0.29) is 12.0 Å². The molecule has 3 atom stereocenters. The first-order valence-corrected chi connectivity index (χ1v) is 8.68. The summed E-state index contributed by atoms with van der Waals surface area (Å²) in [6.07, 6.45) is 3.10. The Hall–Kier alpha value is -1.23. The molecule has 2 saturated heterocycles. The van der Waals surface area contributed by atoms with E-state index in [2.05, 4.69) is 35.7 Å². The van der Waals surface area contributed by atoms with E-state index in [1.165, 1.54) is 5.56 Å². The van der Waals surface area contributed by atoms with Gasteiger partial charge in [0.2, 0.25) is 0 Å². The van der Waals surface area contributed by atoms with Crippen molar-refractivity contribution >= 4 is 17.2 Å². The van der Waals surface area contributed by atoms with Crippen molar-refractivity contribution in [3.63, 3.8) is 0 Å². The summed E-state index contributed by atoms with van der Waals surface area (Å²) in [4.78, 5) is 3.35. The highest BCUT2D eigenvalue weighted by Gasteiger charge is 2.42. The van der Waals surface area contributed by atoms with Crippen molar-refractivity contribution in [2.75, 3.05) is 13.2 Å². The molecule has 2 aliphatic heterocycles. The predicted molar refractivity (Wildman–Crippen MR) is 96.1 cm³/mol. The standard InChI is InChI=1S/C19H25NO2S/c1-4-15(17-13-21-19(2,3)22-17)16-10-11-20(18(16)23)12-14-8-6-5-7-9-14/h4-9,15-17H,1,10-13H2,2-3H3/t15-,16+,17+/m0/s1. The van der Waals surface area contributed by atoms with E-state index < -0.39 is 5.79 Å². The number of likely N-dealkylation sites (tertiary alicyclic amines) is 1. The van der Waals surface area contributed by atoms with Gasteiger partial charge in [-0.1, -0.05) is 48.6 Å². The fourth-order valence-electron chi connectivity index (χ4n) is 3.56. The van der Waals surface area contributed by atoms with E-state index in [0.29, 0.717) is 12.5 Å². The van der Waals surface area contributed by atoms with Crippen LogP contribution >= 0.6 is 12.2 Å². The maximum atomic E-state index is 6.04. The third kappa shape index (κ3) is 3.65. The van der Waals surface area contributed by atoms with Gasteiger partial charge in [-0.05, 0) is 25.8 Å². The zero-order valence-corrected chi connectivity index (χ0v) is 14.7. The SMILES string of the molecule is C=C[C@H]([C@H]1COC(C)(C)O1)[C@H]1CCN(Cc2ccccc2)C1=S. The molecule has 0 aromatic heterocycles. The lowest BCUT2D eigenvalue weighted by atomic mass is 9.87. The maximum Gasteiger partial charge on any atom is 0.163 e. The van der Waals surface area contributed by atoms with Gasteiger partial charge in [0.1, 0.15) is 0 Å². The van der Waals surface area contributed by atoms with Crippen LogP contribution in [0.2, 0.25) is 0 Å². The van der Waals surface area contributed by atoms with Gasteiger partial charge in [-0.2, -0.15) is 0 Å². The zero-order valence-electron chi connectivity index (χ0n) is 13.9. The molecule has 2 fully saturated rings. The second-order valence-electron chi connectivity index (χ2n) is 6.82. The summed E-state index contributed by atoms with van der Waals surface area (Å²) in [6.45, 7) is 10.4. The van der Waals surface area contributed by atoms with Crippen molar-refractivity contribution in [1.82, 2.24) is 4.90 Å². The molecule has 0 aliphatic carbocycles. The molecule has 0 unspecified atom stereocenters. The first-order chi connectivity index (χ1) is 11.0. The van der Waals surface area contributed by atoms with Gasteiger partial charge in [-0.3, -0.25) is 0 Å². The summed E-state index contributed by atoms with van der Waals surface area (Å²) < 4.78 is 11.8. The molecule has 0 amide bonds. The van der Waals surface area contributed by atoms with Crippen molar-refractivity contribution in [3.8, 4) is 0 Å². The second kappa shape index (κ2) is 6.71. The summed E-state index contributed by atoms with van der Waals surface area (Å²) in [7, 11) is 0. The molecule has 23 heavy (non-hydrogen) atoms. The van der Waals surface area contributed by atoms with E-state index in [0.717, 1.165) is 24.5 Å². The van der Waals surface area contributed by atoms with Crippen molar-refractivity contribution in [2.45, 2.75) is 38.7 Å². The molecule has 2 aliphatic rings. The molecular weight excluding hydrogens is 306 g/mol. The molecule has 3 rings (SSSR count). The van der Waals surface area contributed by atoms with Crippen LogP contribution in [0.4, 0.5) is 0 Å². The number of rotatable bonds is 5. The Balaban J connectivity index is 1.66. The minimum Gasteiger partial charge on any atom is -0.362 e. The van der Waals surface area contributed by atoms with Crippen LogP contribution in [0.15, 0.2) is 43.0 Å². The molecule has 0 bridgehead atoms. The highest BCUT2D eigenvalue weighted by molar-refractivity contribution is 7.80.